The number of carbonyl (C=O) groups is 1. The zero-order valence-corrected chi connectivity index (χ0v) is 15.7. The summed E-state index contributed by atoms with van der Waals surface area (Å²) in [6.07, 6.45) is 6.19. The summed E-state index contributed by atoms with van der Waals surface area (Å²) in [7, 11) is 0. The second-order valence-electron chi connectivity index (χ2n) is 8.85. The molecule has 1 N–H and O–H groups in total. The minimum absolute atomic E-state index is 0.226. The molecule has 0 saturated heterocycles. The van der Waals surface area contributed by atoms with Gasteiger partial charge in [-0.1, -0.05) is 19.3 Å². The van der Waals surface area contributed by atoms with Crippen molar-refractivity contribution in [2.45, 2.75) is 97.2 Å². The number of nitrogens with one attached hydrogen (secondary N) is 1. The van der Waals surface area contributed by atoms with Crippen molar-refractivity contribution in [3.05, 3.63) is 0 Å². The minimum atomic E-state index is -0.455. The minimum Gasteiger partial charge on any atom is -0.444 e. The molecule has 0 aromatic heterocycles. The van der Waals surface area contributed by atoms with Gasteiger partial charge in [-0.05, 0) is 61.3 Å². The quantitative estimate of drug-likeness (QED) is 0.840. The fourth-order valence-electron chi connectivity index (χ4n) is 3.00. The molecule has 130 valence electrons. The molecular weight excluding hydrogens is 276 g/mol. The third-order valence-corrected chi connectivity index (χ3v) is 4.27. The summed E-state index contributed by atoms with van der Waals surface area (Å²) in [5.74, 6) is 0. The van der Waals surface area contributed by atoms with E-state index < -0.39 is 5.60 Å². The van der Waals surface area contributed by atoms with Gasteiger partial charge >= 0.3 is 6.09 Å². The Morgan fingerprint density at radius 2 is 1.64 bits per heavy atom. The summed E-state index contributed by atoms with van der Waals surface area (Å²) in [5.41, 5.74) is -0.462. The molecule has 1 amide bonds. The third kappa shape index (κ3) is 6.55. The lowest BCUT2D eigenvalue weighted by Crippen LogP contribution is -2.53. The number of carbonyl (C=O) groups excluding carboxylic acids is 1. The van der Waals surface area contributed by atoms with Crippen molar-refractivity contribution in [1.82, 2.24) is 10.2 Å². The van der Waals surface area contributed by atoms with Gasteiger partial charge in [0.1, 0.15) is 5.60 Å². The fraction of sp³-hybridized carbons (Fsp3) is 0.944. The van der Waals surface area contributed by atoms with Crippen molar-refractivity contribution >= 4 is 6.09 Å². The maximum absolute atomic E-state index is 12.4. The van der Waals surface area contributed by atoms with Crippen LogP contribution in [0.3, 0.4) is 0 Å². The Morgan fingerprint density at radius 1 is 1.09 bits per heavy atom. The lowest BCUT2D eigenvalue weighted by Gasteiger charge is -2.39. The molecule has 1 aliphatic rings. The van der Waals surface area contributed by atoms with E-state index in [-0.39, 0.29) is 17.2 Å². The highest BCUT2D eigenvalue weighted by Crippen LogP contribution is 2.27. The molecular formula is C18H36N2O2. The van der Waals surface area contributed by atoms with E-state index in [1.54, 1.807) is 0 Å². The molecule has 0 heterocycles. The van der Waals surface area contributed by atoms with Crippen molar-refractivity contribution in [3.8, 4) is 0 Å². The van der Waals surface area contributed by atoms with E-state index in [1.165, 1.54) is 32.1 Å². The number of rotatable bonds is 4. The monoisotopic (exact) mass is 312 g/mol. The van der Waals surface area contributed by atoms with Gasteiger partial charge in [0, 0.05) is 24.2 Å². The molecule has 1 rings (SSSR count). The molecule has 1 fully saturated rings. The normalized spacial score (nSPS) is 18.9. The van der Waals surface area contributed by atoms with E-state index in [1.807, 2.05) is 25.7 Å². The molecule has 0 aromatic carbocycles. The third-order valence-electron chi connectivity index (χ3n) is 4.27. The van der Waals surface area contributed by atoms with E-state index in [9.17, 15) is 4.79 Å². The average molecular weight is 312 g/mol. The lowest BCUT2D eigenvalue weighted by atomic mass is 9.83. The predicted molar refractivity (Wildman–Crippen MR) is 92.2 cm³/mol. The Balaban J connectivity index is 2.57. The molecule has 0 bridgehead atoms. The summed E-state index contributed by atoms with van der Waals surface area (Å²) in [6, 6.07) is 0. The first-order chi connectivity index (χ1) is 9.93. The van der Waals surface area contributed by atoms with Gasteiger partial charge in [0.25, 0.3) is 0 Å². The number of hydrogen-bond donors (Lipinski definition) is 1. The van der Waals surface area contributed by atoms with Gasteiger partial charge < -0.3 is 15.0 Å². The van der Waals surface area contributed by atoms with E-state index in [0.717, 1.165) is 6.54 Å². The fourth-order valence-corrected chi connectivity index (χ4v) is 3.00. The molecule has 1 saturated carbocycles. The van der Waals surface area contributed by atoms with Crippen LogP contribution in [0.5, 0.6) is 0 Å². The highest BCUT2D eigenvalue weighted by molar-refractivity contribution is 5.69. The van der Waals surface area contributed by atoms with Crippen molar-refractivity contribution in [2.24, 2.45) is 0 Å². The molecule has 4 heteroatoms. The first-order valence-electron chi connectivity index (χ1n) is 8.69. The first kappa shape index (κ1) is 19.3. The summed E-state index contributed by atoms with van der Waals surface area (Å²) in [5, 5.41) is 3.67. The SMILES string of the molecule is CC1(NCCN(C(=O)OC(C)(C)C)C(C)(C)C)CCCCC1. The summed E-state index contributed by atoms with van der Waals surface area (Å²) in [6.45, 7) is 15.7. The van der Waals surface area contributed by atoms with Crippen molar-refractivity contribution in [2.75, 3.05) is 13.1 Å². The Morgan fingerprint density at radius 3 is 2.09 bits per heavy atom. The van der Waals surface area contributed by atoms with E-state index in [4.69, 9.17) is 4.74 Å². The van der Waals surface area contributed by atoms with Crippen LogP contribution in [-0.2, 0) is 4.74 Å². The highest BCUT2D eigenvalue weighted by Gasteiger charge is 2.31. The molecule has 1 aliphatic carbocycles. The largest absolute Gasteiger partial charge is 0.444 e. The molecule has 0 aliphatic heterocycles. The molecule has 0 unspecified atom stereocenters. The van der Waals surface area contributed by atoms with Crippen LogP contribution in [0.4, 0.5) is 4.79 Å². The highest BCUT2D eigenvalue weighted by atomic mass is 16.6. The Hall–Kier alpha value is -0.770. The Bertz CT molecular complexity index is 360. The smallest absolute Gasteiger partial charge is 0.410 e. The number of nitrogens with zero attached hydrogens (tertiary/aromatic N) is 1. The summed E-state index contributed by atoms with van der Waals surface area (Å²) in [4.78, 5) is 14.3. The number of amides is 1. The van der Waals surface area contributed by atoms with Gasteiger partial charge in [0.2, 0.25) is 0 Å². The Kier molecular flexibility index (Phi) is 6.31. The molecule has 22 heavy (non-hydrogen) atoms. The van der Waals surface area contributed by atoms with Crippen molar-refractivity contribution < 1.29 is 9.53 Å². The lowest BCUT2D eigenvalue weighted by molar-refractivity contribution is 0.00593. The van der Waals surface area contributed by atoms with Crippen molar-refractivity contribution in [3.63, 3.8) is 0 Å². The van der Waals surface area contributed by atoms with Gasteiger partial charge in [-0.15, -0.1) is 0 Å². The van der Waals surface area contributed by atoms with Gasteiger partial charge in [0.05, 0.1) is 0 Å². The van der Waals surface area contributed by atoms with Crippen molar-refractivity contribution in [1.29, 1.82) is 0 Å². The van der Waals surface area contributed by atoms with Crippen LogP contribution in [-0.4, -0.2) is 40.8 Å². The van der Waals surface area contributed by atoms with Crippen LogP contribution in [0.2, 0.25) is 0 Å². The predicted octanol–water partition coefficient (Wildman–Crippen LogP) is 4.33. The second-order valence-corrected chi connectivity index (χ2v) is 8.85. The van der Waals surface area contributed by atoms with E-state index in [2.05, 4.69) is 33.0 Å². The average Bonchev–Trinajstić information content (AvgIpc) is 2.31. The standard InChI is InChI=1S/C18H36N2O2/c1-16(2,3)20(15(21)22-17(4,5)6)14-13-19-18(7)11-9-8-10-12-18/h19H,8-14H2,1-7H3. The van der Waals surface area contributed by atoms with Crippen LogP contribution in [0.1, 0.15) is 80.6 Å². The van der Waals surface area contributed by atoms with Gasteiger partial charge in [-0.3, -0.25) is 0 Å². The van der Waals surface area contributed by atoms with Gasteiger partial charge in [-0.2, -0.15) is 0 Å². The zero-order valence-electron chi connectivity index (χ0n) is 15.7. The topological polar surface area (TPSA) is 41.6 Å². The van der Waals surface area contributed by atoms with Crippen LogP contribution in [0.15, 0.2) is 0 Å². The molecule has 0 atom stereocenters. The molecule has 0 spiro atoms. The molecule has 0 radical (unpaired) electrons. The maximum atomic E-state index is 12.4. The van der Waals surface area contributed by atoms with Gasteiger partial charge in [0.15, 0.2) is 0 Å². The summed E-state index contributed by atoms with van der Waals surface area (Å²) < 4.78 is 5.55. The van der Waals surface area contributed by atoms with Crippen LogP contribution < -0.4 is 5.32 Å². The number of ether oxygens (including phenoxy) is 1. The van der Waals surface area contributed by atoms with Gasteiger partial charge in [-0.25, -0.2) is 4.79 Å². The first-order valence-corrected chi connectivity index (χ1v) is 8.69. The summed E-state index contributed by atoms with van der Waals surface area (Å²) >= 11 is 0. The van der Waals surface area contributed by atoms with Crippen LogP contribution in [0, 0.1) is 0 Å². The van der Waals surface area contributed by atoms with Crippen LogP contribution in [0.25, 0.3) is 0 Å². The molecule has 4 nitrogen and oxygen atoms in total. The number of hydrogen-bond acceptors (Lipinski definition) is 3. The van der Waals surface area contributed by atoms with E-state index >= 15 is 0 Å². The van der Waals surface area contributed by atoms with E-state index in [0.29, 0.717) is 6.54 Å². The Labute approximate surface area is 137 Å². The zero-order chi connectivity index (χ0) is 17.0. The second kappa shape index (κ2) is 7.20. The van der Waals surface area contributed by atoms with Crippen LogP contribution >= 0.6 is 0 Å². The molecule has 0 aromatic rings. The maximum Gasteiger partial charge on any atom is 0.410 e.